The van der Waals surface area contributed by atoms with E-state index in [1.54, 1.807) is 16.3 Å². The molecule has 0 bridgehead atoms. The molecule has 1 atom stereocenters. The smallest absolute Gasteiger partial charge is 0.266 e. The van der Waals surface area contributed by atoms with Crippen LogP contribution in [0.15, 0.2) is 16.6 Å². The Kier molecular flexibility index (Phi) is 4.08. The van der Waals surface area contributed by atoms with E-state index in [1.807, 2.05) is 0 Å². The SMILES string of the molecule is N/C(=N/O)C1CCCCN1C(=O)c1sccc1Cl. The van der Waals surface area contributed by atoms with Crippen molar-refractivity contribution in [2.45, 2.75) is 25.3 Å². The molecular formula is C11H14ClN3O2S. The number of hydrogen-bond donors (Lipinski definition) is 2. The van der Waals surface area contributed by atoms with Gasteiger partial charge in [0.25, 0.3) is 5.91 Å². The van der Waals surface area contributed by atoms with Gasteiger partial charge in [0.2, 0.25) is 0 Å². The van der Waals surface area contributed by atoms with E-state index in [2.05, 4.69) is 5.16 Å². The Morgan fingerprint density at radius 3 is 3.00 bits per heavy atom. The summed E-state index contributed by atoms with van der Waals surface area (Å²) in [5, 5.41) is 14.0. The minimum Gasteiger partial charge on any atom is -0.409 e. The number of amides is 1. The summed E-state index contributed by atoms with van der Waals surface area (Å²) in [6.45, 7) is 0.605. The average molecular weight is 288 g/mol. The van der Waals surface area contributed by atoms with Crippen LogP contribution in [0, 0.1) is 0 Å². The maximum atomic E-state index is 12.4. The van der Waals surface area contributed by atoms with Crippen molar-refractivity contribution in [2.75, 3.05) is 6.54 Å². The number of amidine groups is 1. The van der Waals surface area contributed by atoms with Gasteiger partial charge in [0, 0.05) is 6.54 Å². The zero-order chi connectivity index (χ0) is 13.1. The predicted octanol–water partition coefficient (Wildman–Crippen LogP) is 2.14. The number of carbonyl (C=O) groups excluding carboxylic acids is 1. The number of nitrogens with two attached hydrogens (primary N) is 1. The summed E-state index contributed by atoms with van der Waals surface area (Å²) < 4.78 is 0. The Hall–Kier alpha value is -1.27. The van der Waals surface area contributed by atoms with Gasteiger partial charge in [-0.05, 0) is 30.7 Å². The zero-order valence-electron chi connectivity index (χ0n) is 9.67. The molecule has 1 aromatic heterocycles. The molecule has 2 rings (SSSR count). The lowest BCUT2D eigenvalue weighted by molar-refractivity contribution is 0.0682. The van der Waals surface area contributed by atoms with Crippen LogP contribution in [0.4, 0.5) is 0 Å². The molecule has 0 radical (unpaired) electrons. The van der Waals surface area contributed by atoms with Crippen LogP contribution in [0.5, 0.6) is 0 Å². The maximum absolute atomic E-state index is 12.4. The third kappa shape index (κ3) is 2.44. The molecule has 3 N–H and O–H groups in total. The molecule has 1 aliphatic rings. The first-order valence-electron chi connectivity index (χ1n) is 5.66. The lowest BCUT2D eigenvalue weighted by atomic mass is 10.0. The van der Waals surface area contributed by atoms with Gasteiger partial charge in [0.15, 0.2) is 5.84 Å². The maximum Gasteiger partial charge on any atom is 0.266 e. The molecule has 1 amide bonds. The summed E-state index contributed by atoms with van der Waals surface area (Å²) >= 11 is 7.27. The molecule has 2 heterocycles. The highest BCUT2D eigenvalue weighted by atomic mass is 35.5. The van der Waals surface area contributed by atoms with Crippen molar-refractivity contribution in [1.29, 1.82) is 0 Å². The van der Waals surface area contributed by atoms with Crippen LogP contribution < -0.4 is 5.73 Å². The highest BCUT2D eigenvalue weighted by Crippen LogP contribution is 2.27. The van der Waals surface area contributed by atoms with Crippen LogP contribution in [0.2, 0.25) is 5.02 Å². The molecule has 1 aliphatic heterocycles. The normalized spacial score (nSPS) is 21.1. The topological polar surface area (TPSA) is 78.9 Å². The number of oxime groups is 1. The number of piperidine rings is 1. The quantitative estimate of drug-likeness (QED) is 0.378. The van der Waals surface area contributed by atoms with Gasteiger partial charge in [-0.3, -0.25) is 4.79 Å². The number of hydrogen-bond acceptors (Lipinski definition) is 4. The second kappa shape index (κ2) is 5.58. The fraction of sp³-hybridized carbons (Fsp3) is 0.455. The molecule has 0 aliphatic carbocycles. The summed E-state index contributed by atoms with van der Waals surface area (Å²) in [6.07, 6.45) is 2.59. The Balaban J connectivity index is 2.24. The van der Waals surface area contributed by atoms with Gasteiger partial charge in [-0.2, -0.15) is 0 Å². The summed E-state index contributed by atoms with van der Waals surface area (Å²) in [5.41, 5.74) is 5.64. The monoisotopic (exact) mass is 287 g/mol. The van der Waals surface area contributed by atoms with Gasteiger partial charge in [-0.25, -0.2) is 0 Å². The molecule has 1 unspecified atom stereocenters. The van der Waals surface area contributed by atoms with Gasteiger partial charge < -0.3 is 15.8 Å². The van der Waals surface area contributed by atoms with Gasteiger partial charge in [0.05, 0.1) is 11.1 Å². The Morgan fingerprint density at radius 1 is 1.61 bits per heavy atom. The molecule has 7 heteroatoms. The van der Waals surface area contributed by atoms with Crippen molar-refractivity contribution in [1.82, 2.24) is 4.90 Å². The Labute approximate surface area is 114 Å². The number of carbonyl (C=O) groups is 1. The van der Waals surface area contributed by atoms with Crippen molar-refractivity contribution in [3.8, 4) is 0 Å². The molecule has 0 spiro atoms. The number of halogens is 1. The molecule has 5 nitrogen and oxygen atoms in total. The average Bonchev–Trinajstić information content (AvgIpc) is 2.83. The summed E-state index contributed by atoms with van der Waals surface area (Å²) in [4.78, 5) is 14.5. The van der Waals surface area contributed by atoms with E-state index in [0.29, 0.717) is 22.9 Å². The van der Waals surface area contributed by atoms with Gasteiger partial charge in [0.1, 0.15) is 4.88 Å². The van der Waals surface area contributed by atoms with Crippen LogP contribution in [0.25, 0.3) is 0 Å². The molecule has 1 fully saturated rings. The summed E-state index contributed by atoms with van der Waals surface area (Å²) in [6, 6.07) is 1.36. The fourth-order valence-corrected chi connectivity index (χ4v) is 3.22. The Morgan fingerprint density at radius 2 is 2.39 bits per heavy atom. The van der Waals surface area contributed by atoms with E-state index in [4.69, 9.17) is 22.5 Å². The Bertz CT molecular complexity index is 475. The fourth-order valence-electron chi connectivity index (χ4n) is 2.13. The van der Waals surface area contributed by atoms with E-state index in [0.717, 1.165) is 12.8 Å². The van der Waals surface area contributed by atoms with E-state index in [9.17, 15) is 4.79 Å². The summed E-state index contributed by atoms with van der Waals surface area (Å²) in [7, 11) is 0. The first kappa shape index (κ1) is 13.2. The van der Waals surface area contributed by atoms with Crippen molar-refractivity contribution < 1.29 is 10.0 Å². The minimum absolute atomic E-state index is 0.0794. The largest absolute Gasteiger partial charge is 0.409 e. The first-order chi connectivity index (χ1) is 8.65. The predicted molar refractivity (Wildman–Crippen MR) is 71.4 cm³/mol. The van der Waals surface area contributed by atoms with Crippen molar-refractivity contribution in [2.24, 2.45) is 10.9 Å². The molecule has 1 saturated heterocycles. The van der Waals surface area contributed by atoms with Crippen LogP contribution in [0.1, 0.15) is 28.9 Å². The van der Waals surface area contributed by atoms with Crippen molar-refractivity contribution >= 4 is 34.7 Å². The molecule has 1 aromatic rings. The van der Waals surface area contributed by atoms with Crippen LogP contribution >= 0.6 is 22.9 Å². The van der Waals surface area contributed by atoms with E-state index in [1.165, 1.54) is 11.3 Å². The van der Waals surface area contributed by atoms with E-state index in [-0.39, 0.29) is 17.8 Å². The van der Waals surface area contributed by atoms with Crippen LogP contribution in [-0.2, 0) is 0 Å². The van der Waals surface area contributed by atoms with Crippen molar-refractivity contribution in [3.63, 3.8) is 0 Å². The summed E-state index contributed by atoms with van der Waals surface area (Å²) in [5.74, 6) is -0.0676. The first-order valence-corrected chi connectivity index (χ1v) is 6.92. The molecule has 18 heavy (non-hydrogen) atoms. The standard InChI is InChI=1S/C11H14ClN3O2S/c12-7-4-6-18-9(7)11(16)15-5-2-1-3-8(15)10(13)14-17/h4,6,8,17H,1-3,5H2,(H2,13,14). The van der Waals surface area contributed by atoms with Crippen LogP contribution in [-0.4, -0.2) is 34.4 Å². The number of rotatable bonds is 2. The second-order valence-corrected chi connectivity index (χ2v) is 5.46. The molecular weight excluding hydrogens is 274 g/mol. The van der Waals surface area contributed by atoms with Crippen LogP contribution in [0.3, 0.4) is 0 Å². The lowest BCUT2D eigenvalue weighted by Crippen LogP contribution is -2.50. The van der Waals surface area contributed by atoms with Gasteiger partial charge in [-0.15, -0.1) is 11.3 Å². The highest BCUT2D eigenvalue weighted by molar-refractivity contribution is 7.12. The van der Waals surface area contributed by atoms with E-state index >= 15 is 0 Å². The highest BCUT2D eigenvalue weighted by Gasteiger charge is 2.31. The molecule has 0 saturated carbocycles. The van der Waals surface area contributed by atoms with E-state index < -0.39 is 0 Å². The molecule has 98 valence electrons. The third-order valence-corrected chi connectivity index (χ3v) is 4.36. The number of likely N-dealkylation sites (tertiary alicyclic amines) is 1. The second-order valence-electron chi connectivity index (χ2n) is 4.13. The van der Waals surface area contributed by atoms with Crippen molar-refractivity contribution in [3.05, 3.63) is 21.3 Å². The molecule has 0 aromatic carbocycles. The third-order valence-electron chi connectivity index (χ3n) is 3.03. The van der Waals surface area contributed by atoms with Gasteiger partial charge in [-0.1, -0.05) is 16.8 Å². The zero-order valence-corrected chi connectivity index (χ0v) is 11.2. The number of nitrogens with zero attached hydrogens (tertiary/aromatic N) is 2. The van der Waals surface area contributed by atoms with Gasteiger partial charge >= 0.3 is 0 Å². The minimum atomic E-state index is -0.339. The lowest BCUT2D eigenvalue weighted by Gasteiger charge is -2.34. The number of thiophene rings is 1.